The van der Waals surface area contributed by atoms with Gasteiger partial charge in [0.05, 0.1) is 11.0 Å². The van der Waals surface area contributed by atoms with Gasteiger partial charge in [-0.3, -0.25) is 9.78 Å². The van der Waals surface area contributed by atoms with E-state index in [9.17, 15) is 4.79 Å². The molecule has 5 heteroatoms. The van der Waals surface area contributed by atoms with Crippen LogP contribution in [0.25, 0.3) is 21.8 Å². The van der Waals surface area contributed by atoms with E-state index in [4.69, 9.17) is 11.6 Å². The van der Waals surface area contributed by atoms with Crippen molar-refractivity contribution in [3.05, 3.63) is 51.9 Å². The van der Waals surface area contributed by atoms with Crippen LogP contribution in [0.15, 0.2) is 41.3 Å². The van der Waals surface area contributed by atoms with Crippen LogP contribution < -0.4 is 5.56 Å². The summed E-state index contributed by atoms with van der Waals surface area (Å²) >= 11 is 6.24. The first kappa shape index (κ1) is 17.5. The predicted molar refractivity (Wildman–Crippen MR) is 108 cm³/mol. The van der Waals surface area contributed by atoms with Gasteiger partial charge in [-0.05, 0) is 70.0 Å². The van der Waals surface area contributed by atoms with Crippen LogP contribution in [0.2, 0.25) is 5.02 Å². The smallest absolute Gasteiger partial charge is 0.251 e. The van der Waals surface area contributed by atoms with Crippen molar-refractivity contribution in [2.24, 2.45) is 5.92 Å². The predicted octanol–water partition coefficient (Wildman–Crippen LogP) is 4.50. The second kappa shape index (κ2) is 7.01. The molecule has 26 heavy (non-hydrogen) atoms. The minimum absolute atomic E-state index is 0.0704. The molecule has 1 aromatic carbocycles. The molecule has 0 amide bonds. The highest BCUT2D eigenvalue weighted by Gasteiger charge is 2.25. The van der Waals surface area contributed by atoms with Gasteiger partial charge >= 0.3 is 0 Å². The number of benzene rings is 1. The first-order valence-corrected chi connectivity index (χ1v) is 9.65. The van der Waals surface area contributed by atoms with Crippen molar-refractivity contribution in [3.63, 3.8) is 0 Å². The summed E-state index contributed by atoms with van der Waals surface area (Å²) in [6.07, 6.45) is 6.27. The van der Waals surface area contributed by atoms with Crippen LogP contribution in [0.1, 0.15) is 31.7 Å². The molecule has 1 saturated carbocycles. The molecule has 0 bridgehead atoms. The molecule has 2 heterocycles. The van der Waals surface area contributed by atoms with Gasteiger partial charge in [0.15, 0.2) is 0 Å². The Morgan fingerprint density at radius 1 is 1.15 bits per heavy atom. The zero-order valence-corrected chi connectivity index (χ0v) is 16.0. The Morgan fingerprint density at radius 3 is 2.65 bits per heavy atom. The Hall–Kier alpha value is -1.91. The third-order valence-electron chi connectivity index (χ3n) is 5.52. The number of aromatic nitrogens is 2. The van der Waals surface area contributed by atoms with Crippen molar-refractivity contribution >= 4 is 33.4 Å². The van der Waals surface area contributed by atoms with Gasteiger partial charge in [-0.2, -0.15) is 0 Å². The summed E-state index contributed by atoms with van der Waals surface area (Å²) in [4.78, 5) is 19.6. The van der Waals surface area contributed by atoms with Crippen molar-refractivity contribution in [1.82, 2.24) is 14.5 Å². The lowest BCUT2D eigenvalue weighted by molar-refractivity contribution is 0.224. The van der Waals surface area contributed by atoms with Gasteiger partial charge in [-0.15, -0.1) is 0 Å². The fraction of sp³-hybridized carbons (Fsp3) is 0.429. The minimum Gasteiger partial charge on any atom is -0.309 e. The second-order valence-electron chi connectivity index (χ2n) is 7.70. The largest absolute Gasteiger partial charge is 0.309 e. The number of nitrogens with zero attached hydrogens (tertiary/aromatic N) is 3. The molecule has 1 fully saturated rings. The molecule has 0 radical (unpaired) electrons. The Bertz CT molecular complexity index is 1000. The van der Waals surface area contributed by atoms with Crippen LogP contribution >= 0.6 is 11.6 Å². The van der Waals surface area contributed by atoms with E-state index in [0.717, 1.165) is 60.0 Å². The van der Waals surface area contributed by atoms with Crippen molar-refractivity contribution < 1.29 is 0 Å². The summed E-state index contributed by atoms with van der Waals surface area (Å²) in [5, 5.41) is 2.63. The molecule has 0 unspecified atom stereocenters. The van der Waals surface area contributed by atoms with Gasteiger partial charge in [-0.1, -0.05) is 11.6 Å². The molecule has 0 saturated heterocycles. The summed E-state index contributed by atoms with van der Waals surface area (Å²) < 4.78 is 2.00. The fourth-order valence-corrected chi connectivity index (χ4v) is 4.55. The summed E-state index contributed by atoms with van der Waals surface area (Å²) in [6, 6.07) is 9.49. The monoisotopic (exact) mass is 369 g/mol. The normalized spacial score (nSPS) is 20.9. The molecular formula is C21H24ClN3O. The first-order chi connectivity index (χ1) is 12.5. The molecule has 1 aliphatic carbocycles. The Labute approximate surface area is 158 Å². The lowest BCUT2D eigenvalue weighted by Gasteiger charge is -2.32. The van der Waals surface area contributed by atoms with Crippen molar-refractivity contribution in [2.45, 2.75) is 31.7 Å². The molecule has 2 aromatic heterocycles. The molecule has 0 atom stereocenters. The van der Waals surface area contributed by atoms with Gasteiger partial charge < -0.3 is 9.47 Å². The van der Waals surface area contributed by atoms with Gasteiger partial charge in [0.25, 0.3) is 5.56 Å². The number of hydrogen-bond donors (Lipinski definition) is 0. The molecule has 0 spiro atoms. The van der Waals surface area contributed by atoms with E-state index in [0.29, 0.717) is 5.02 Å². The fourth-order valence-electron chi connectivity index (χ4n) is 4.37. The maximum atomic E-state index is 12.8. The van der Waals surface area contributed by atoms with Crippen molar-refractivity contribution in [2.75, 3.05) is 20.6 Å². The summed E-state index contributed by atoms with van der Waals surface area (Å²) in [7, 11) is 4.26. The van der Waals surface area contributed by atoms with Crippen LogP contribution in [0.3, 0.4) is 0 Å². The summed E-state index contributed by atoms with van der Waals surface area (Å²) in [5.74, 6) is 0.722. The van der Waals surface area contributed by atoms with E-state index < -0.39 is 0 Å². The van der Waals surface area contributed by atoms with Crippen LogP contribution in [0.5, 0.6) is 0 Å². The number of rotatable bonds is 3. The van der Waals surface area contributed by atoms with Crippen molar-refractivity contribution in [3.8, 4) is 0 Å². The van der Waals surface area contributed by atoms with E-state index in [1.807, 2.05) is 35.0 Å². The number of halogens is 1. The lowest BCUT2D eigenvalue weighted by Crippen LogP contribution is -2.31. The molecule has 1 aliphatic rings. The Morgan fingerprint density at radius 2 is 1.92 bits per heavy atom. The quantitative estimate of drug-likeness (QED) is 0.638. The highest BCUT2D eigenvalue weighted by Crippen LogP contribution is 2.35. The minimum atomic E-state index is 0.0704. The SMILES string of the molecule is CN(C)CC1CCC(n2c(=O)ccc3cnc4ccc(Cl)cc4c32)CC1. The molecular weight excluding hydrogens is 346 g/mol. The maximum absolute atomic E-state index is 12.8. The number of hydrogen-bond acceptors (Lipinski definition) is 3. The average Bonchev–Trinajstić information content (AvgIpc) is 2.62. The van der Waals surface area contributed by atoms with Gasteiger partial charge in [0.2, 0.25) is 0 Å². The Kier molecular flexibility index (Phi) is 4.72. The van der Waals surface area contributed by atoms with Crippen molar-refractivity contribution in [1.29, 1.82) is 0 Å². The topological polar surface area (TPSA) is 38.1 Å². The number of pyridine rings is 2. The second-order valence-corrected chi connectivity index (χ2v) is 8.14. The van der Waals surface area contributed by atoms with Crippen LogP contribution in [-0.4, -0.2) is 35.1 Å². The van der Waals surface area contributed by atoms with E-state index in [-0.39, 0.29) is 11.6 Å². The van der Waals surface area contributed by atoms with Crippen LogP contribution in [0.4, 0.5) is 0 Å². The molecule has 4 rings (SSSR count). The van der Waals surface area contributed by atoms with Gasteiger partial charge in [0.1, 0.15) is 0 Å². The average molecular weight is 370 g/mol. The van der Waals surface area contributed by atoms with E-state index in [2.05, 4.69) is 24.0 Å². The van der Waals surface area contributed by atoms with Gasteiger partial charge in [-0.25, -0.2) is 0 Å². The first-order valence-electron chi connectivity index (χ1n) is 9.27. The highest BCUT2D eigenvalue weighted by atomic mass is 35.5. The lowest BCUT2D eigenvalue weighted by atomic mass is 9.85. The molecule has 3 aromatic rings. The van der Waals surface area contributed by atoms with Crippen LogP contribution in [0, 0.1) is 5.92 Å². The highest BCUT2D eigenvalue weighted by molar-refractivity contribution is 6.31. The maximum Gasteiger partial charge on any atom is 0.251 e. The standard InChI is InChI=1S/C21H24ClN3O/c1-24(2)13-14-3-7-17(8-4-14)25-20(26)10-5-15-12-23-19-9-6-16(22)11-18(19)21(15)25/h5-6,9-12,14,17H,3-4,7-8,13H2,1-2H3. The molecule has 0 aliphatic heterocycles. The van der Waals surface area contributed by atoms with Crippen LogP contribution in [-0.2, 0) is 0 Å². The van der Waals surface area contributed by atoms with E-state index in [1.54, 1.807) is 6.07 Å². The summed E-state index contributed by atoms with van der Waals surface area (Å²) in [5.41, 5.74) is 1.92. The summed E-state index contributed by atoms with van der Waals surface area (Å²) in [6.45, 7) is 1.12. The number of fused-ring (bicyclic) bond motifs is 3. The third kappa shape index (κ3) is 3.24. The zero-order chi connectivity index (χ0) is 18.3. The molecule has 0 N–H and O–H groups in total. The van der Waals surface area contributed by atoms with Gasteiger partial charge in [0, 0.05) is 40.6 Å². The Balaban J connectivity index is 1.81. The zero-order valence-electron chi connectivity index (χ0n) is 15.3. The van der Waals surface area contributed by atoms with E-state index >= 15 is 0 Å². The molecule has 136 valence electrons. The third-order valence-corrected chi connectivity index (χ3v) is 5.75. The van der Waals surface area contributed by atoms with E-state index in [1.165, 1.54) is 0 Å². The molecule has 4 nitrogen and oxygen atoms in total.